The second-order valence-electron chi connectivity index (χ2n) is 7.57. The van der Waals surface area contributed by atoms with Gasteiger partial charge in [0.15, 0.2) is 0 Å². The van der Waals surface area contributed by atoms with Gasteiger partial charge in [0.1, 0.15) is 13.2 Å². The maximum atomic E-state index is 11.9. The Morgan fingerprint density at radius 1 is 0.750 bits per heavy atom. The van der Waals surface area contributed by atoms with Gasteiger partial charge < -0.3 is 20.1 Å². The Morgan fingerprint density at radius 2 is 1.08 bits per heavy atom. The Morgan fingerprint density at radius 3 is 1.39 bits per heavy atom. The van der Waals surface area contributed by atoms with Gasteiger partial charge in [-0.3, -0.25) is 20.2 Å². The van der Waals surface area contributed by atoms with Crippen LogP contribution in [0.5, 0.6) is 0 Å². The molecule has 0 radical (unpaired) electrons. The molecule has 2 rings (SSSR count). The molecule has 14 heteroatoms. The third-order valence-corrected chi connectivity index (χ3v) is 7.89. The minimum Gasteiger partial charge on any atom is -0.445 e. The van der Waals surface area contributed by atoms with Gasteiger partial charge in [-0.05, 0) is 35.4 Å². The summed E-state index contributed by atoms with van der Waals surface area (Å²) in [4.78, 5) is 44.1. The molecule has 0 heterocycles. The molecule has 0 aliphatic rings. The molecule has 0 aromatic heterocycles. The molecule has 0 saturated carbocycles. The van der Waals surface area contributed by atoms with Gasteiger partial charge >= 0.3 is 12.2 Å². The molecule has 2 N–H and O–H groups in total. The van der Waals surface area contributed by atoms with Crippen molar-refractivity contribution in [2.45, 2.75) is 37.6 Å². The summed E-state index contributed by atoms with van der Waals surface area (Å²) in [6.07, 6.45) is -1.17. The molecule has 2 amide bonds. The largest absolute Gasteiger partial charge is 0.445 e. The van der Waals surface area contributed by atoms with Crippen LogP contribution in [0.25, 0.3) is 0 Å². The number of carbonyl (C=O) groups excluding carboxylic acids is 2. The minimum absolute atomic E-state index is 0.00307. The van der Waals surface area contributed by atoms with E-state index >= 15 is 0 Å². The van der Waals surface area contributed by atoms with Gasteiger partial charge in [0.2, 0.25) is 0 Å². The highest BCUT2D eigenvalue weighted by atomic mass is 33.1. The molecule has 36 heavy (non-hydrogen) atoms. The van der Waals surface area contributed by atoms with E-state index in [1.54, 1.807) is 21.6 Å². The molecule has 0 spiro atoms. The molecule has 2 aromatic rings. The van der Waals surface area contributed by atoms with Gasteiger partial charge in [0, 0.05) is 47.9 Å². The van der Waals surface area contributed by atoms with Crippen LogP contribution in [0.4, 0.5) is 21.0 Å². The Balaban J connectivity index is 1.56. The number of hydrogen-bond donors (Lipinski definition) is 2. The lowest BCUT2D eigenvalue weighted by Gasteiger charge is -2.16. The van der Waals surface area contributed by atoms with Crippen LogP contribution in [0.15, 0.2) is 48.5 Å². The van der Waals surface area contributed by atoms with Gasteiger partial charge in [-0.25, -0.2) is 9.59 Å². The average molecular weight is 539 g/mol. The molecule has 2 unspecified atom stereocenters. The molecule has 12 nitrogen and oxygen atoms in total. The van der Waals surface area contributed by atoms with Crippen LogP contribution in [-0.4, -0.2) is 45.6 Å². The van der Waals surface area contributed by atoms with Crippen molar-refractivity contribution >= 4 is 45.1 Å². The molecule has 0 aliphatic heterocycles. The number of nitrogens with one attached hydrogen (secondary N) is 2. The Labute approximate surface area is 215 Å². The standard InChI is InChI=1S/C22H26N4O8S2/c1-15(11-23-21(27)33-13-17-3-7-19(8-4-17)25(29)30)35-36-16(2)12-24-22(28)34-14-18-5-9-20(10-6-18)26(31)32/h3-10,15-16H,11-14H2,1-2H3,(H,23,27)(H,24,28). The minimum atomic E-state index is -0.587. The Hall–Kier alpha value is -3.52. The fraction of sp³-hybridized carbons (Fsp3) is 0.364. The van der Waals surface area contributed by atoms with E-state index in [4.69, 9.17) is 9.47 Å². The summed E-state index contributed by atoms with van der Waals surface area (Å²) in [6.45, 7) is 4.62. The first kappa shape index (κ1) is 28.7. The number of hydrogen-bond acceptors (Lipinski definition) is 10. The van der Waals surface area contributed by atoms with Crippen LogP contribution in [0.3, 0.4) is 0 Å². The molecular weight excluding hydrogens is 512 g/mol. The number of non-ortho nitro benzene ring substituents is 2. The lowest BCUT2D eigenvalue weighted by Crippen LogP contribution is -2.31. The summed E-state index contributed by atoms with van der Waals surface area (Å²) < 4.78 is 10.2. The van der Waals surface area contributed by atoms with Gasteiger partial charge in [-0.2, -0.15) is 0 Å². The van der Waals surface area contributed by atoms with Gasteiger partial charge in [-0.1, -0.05) is 35.4 Å². The first-order valence-electron chi connectivity index (χ1n) is 10.7. The van der Waals surface area contributed by atoms with E-state index in [-0.39, 0.29) is 35.1 Å². The number of carbonyl (C=O) groups is 2. The normalized spacial score (nSPS) is 12.2. The van der Waals surface area contributed by atoms with E-state index in [9.17, 15) is 29.8 Å². The van der Waals surface area contributed by atoms with E-state index in [1.807, 2.05) is 13.8 Å². The number of benzene rings is 2. The van der Waals surface area contributed by atoms with Crippen molar-refractivity contribution < 1.29 is 28.9 Å². The Bertz CT molecular complexity index is 954. The summed E-state index contributed by atoms with van der Waals surface area (Å²) >= 11 is 0. The number of nitro groups is 2. The molecule has 2 aromatic carbocycles. The van der Waals surface area contributed by atoms with Crippen LogP contribution in [0, 0.1) is 20.2 Å². The summed E-state index contributed by atoms with van der Waals surface area (Å²) in [5.41, 5.74) is 1.22. The SMILES string of the molecule is CC(CNC(=O)OCc1ccc([N+](=O)[O-])cc1)SSC(C)CNC(=O)OCc1ccc([N+](=O)[O-])cc1. The number of ether oxygens (including phenoxy) is 2. The zero-order valence-electron chi connectivity index (χ0n) is 19.6. The van der Waals surface area contributed by atoms with E-state index in [0.29, 0.717) is 24.2 Å². The van der Waals surface area contributed by atoms with Crippen molar-refractivity contribution in [3.63, 3.8) is 0 Å². The van der Waals surface area contributed by atoms with E-state index in [0.717, 1.165) is 0 Å². The first-order valence-corrected chi connectivity index (χ1v) is 13.0. The van der Waals surface area contributed by atoms with Crippen LogP contribution in [0.1, 0.15) is 25.0 Å². The van der Waals surface area contributed by atoms with Crippen molar-refractivity contribution in [1.29, 1.82) is 0 Å². The molecule has 0 aliphatic carbocycles. The van der Waals surface area contributed by atoms with Crippen molar-refractivity contribution in [2.75, 3.05) is 13.1 Å². The van der Waals surface area contributed by atoms with Crippen LogP contribution in [-0.2, 0) is 22.7 Å². The maximum absolute atomic E-state index is 11.9. The highest BCUT2D eigenvalue weighted by molar-refractivity contribution is 8.77. The quantitative estimate of drug-likeness (QED) is 0.205. The molecule has 194 valence electrons. The zero-order valence-corrected chi connectivity index (χ0v) is 21.2. The molecular formula is C22H26N4O8S2. The lowest BCUT2D eigenvalue weighted by molar-refractivity contribution is -0.385. The molecule has 0 fully saturated rings. The van der Waals surface area contributed by atoms with Crippen molar-refractivity contribution in [3.8, 4) is 0 Å². The fourth-order valence-electron chi connectivity index (χ4n) is 2.54. The molecule has 2 atom stereocenters. The second-order valence-corrected chi connectivity index (χ2v) is 10.7. The highest BCUT2D eigenvalue weighted by Crippen LogP contribution is 2.30. The maximum Gasteiger partial charge on any atom is 0.407 e. The van der Waals surface area contributed by atoms with E-state index in [1.165, 1.54) is 48.5 Å². The average Bonchev–Trinajstić information content (AvgIpc) is 2.87. The Kier molecular flexibility index (Phi) is 11.8. The van der Waals surface area contributed by atoms with Crippen molar-refractivity contribution in [2.24, 2.45) is 0 Å². The summed E-state index contributed by atoms with van der Waals surface area (Å²) in [5.74, 6) is 0. The zero-order chi connectivity index (χ0) is 26.5. The van der Waals surface area contributed by atoms with Gasteiger partial charge in [0.05, 0.1) is 9.85 Å². The number of rotatable bonds is 13. The van der Waals surface area contributed by atoms with E-state index < -0.39 is 22.0 Å². The lowest BCUT2D eigenvalue weighted by atomic mass is 10.2. The summed E-state index contributed by atoms with van der Waals surface area (Å²) in [6, 6.07) is 11.5. The predicted octanol–water partition coefficient (Wildman–Crippen LogP) is 4.81. The second kappa shape index (κ2) is 14.8. The molecule has 0 bridgehead atoms. The predicted molar refractivity (Wildman–Crippen MR) is 137 cm³/mol. The topological polar surface area (TPSA) is 163 Å². The van der Waals surface area contributed by atoms with Crippen LogP contribution >= 0.6 is 21.6 Å². The third-order valence-electron chi connectivity index (χ3n) is 4.49. The fourth-order valence-corrected chi connectivity index (χ4v) is 4.77. The van der Waals surface area contributed by atoms with Crippen LogP contribution in [0.2, 0.25) is 0 Å². The number of nitro benzene ring substituents is 2. The first-order chi connectivity index (χ1) is 17.1. The highest BCUT2D eigenvalue weighted by Gasteiger charge is 2.13. The number of amides is 2. The van der Waals surface area contributed by atoms with E-state index in [2.05, 4.69) is 10.6 Å². The summed E-state index contributed by atoms with van der Waals surface area (Å²) in [5, 5.41) is 26.8. The van der Waals surface area contributed by atoms with Crippen molar-refractivity contribution in [3.05, 3.63) is 79.9 Å². The monoisotopic (exact) mass is 538 g/mol. The van der Waals surface area contributed by atoms with Gasteiger partial charge in [0.25, 0.3) is 11.4 Å². The molecule has 0 saturated heterocycles. The summed E-state index contributed by atoms with van der Waals surface area (Å²) in [7, 11) is 3.09. The van der Waals surface area contributed by atoms with Crippen molar-refractivity contribution in [1.82, 2.24) is 10.6 Å². The van der Waals surface area contributed by atoms with Crippen LogP contribution < -0.4 is 10.6 Å². The van der Waals surface area contributed by atoms with Gasteiger partial charge in [-0.15, -0.1) is 0 Å². The third kappa shape index (κ3) is 10.8. The number of alkyl carbamates (subject to hydrolysis) is 2. The number of nitrogens with zero attached hydrogens (tertiary/aromatic N) is 2. The smallest absolute Gasteiger partial charge is 0.407 e.